The highest BCUT2D eigenvalue weighted by molar-refractivity contribution is 7.99. The van der Waals surface area contributed by atoms with Gasteiger partial charge in [0.1, 0.15) is 0 Å². The van der Waals surface area contributed by atoms with Gasteiger partial charge in [0.05, 0.1) is 31.3 Å². The summed E-state index contributed by atoms with van der Waals surface area (Å²) in [5.41, 5.74) is 0. The van der Waals surface area contributed by atoms with Crippen LogP contribution >= 0.6 is 17.9 Å². The van der Waals surface area contributed by atoms with E-state index in [4.69, 9.17) is 20.7 Å². The van der Waals surface area contributed by atoms with E-state index in [1.807, 2.05) is 9.34 Å². The van der Waals surface area contributed by atoms with Crippen molar-refractivity contribution in [2.45, 2.75) is 4.90 Å². The lowest BCUT2D eigenvalue weighted by molar-refractivity contribution is 0.0586. The molecular weight excluding hydrogens is 373 g/mol. The molecule has 10 heteroatoms. The molecule has 0 atom stereocenters. The average Bonchev–Trinajstić information content (AvgIpc) is 2.63. The fourth-order valence-electron chi connectivity index (χ4n) is 2.67. The summed E-state index contributed by atoms with van der Waals surface area (Å²) in [6.07, 6.45) is 0. The lowest BCUT2D eigenvalue weighted by Crippen LogP contribution is -2.41. The first-order valence-electron chi connectivity index (χ1n) is 7.82. The van der Waals surface area contributed by atoms with Gasteiger partial charge in [0, 0.05) is 26.2 Å². The van der Waals surface area contributed by atoms with Crippen molar-refractivity contribution in [2.24, 2.45) is 4.15 Å². The van der Waals surface area contributed by atoms with Gasteiger partial charge in [-0.15, -0.1) is 4.15 Å². The van der Waals surface area contributed by atoms with Crippen molar-refractivity contribution in [3.05, 3.63) is 30.3 Å². The van der Waals surface area contributed by atoms with Crippen molar-refractivity contribution < 1.29 is 17.9 Å². The van der Waals surface area contributed by atoms with Crippen LogP contribution in [-0.2, 0) is 19.5 Å². The second-order valence-electron chi connectivity index (χ2n) is 5.50. The highest BCUT2D eigenvalue weighted by Gasteiger charge is 2.37. The summed E-state index contributed by atoms with van der Waals surface area (Å²) in [5.74, 6) is 0. The normalized spacial score (nSPS) is 21.5. The van der Waals surface area contributed by atoms with Crippen LogP contribution in [0.2, 0.25) is 0 Å². The SMILES string of the molecule is O=S(=O)(N=P(Cl)(N1CCOCC1)N1CCOCC1)c1ccccc1. The molecule has 1 aromatic rings. The second kappa shape index (κ2) is 7.83. The Bertz CT molecular complexity index is 682. The van der Waals surface area contributed by atoms with Crippen molar-refractivity contribution in [2.75, 3.05) is 52.6 Å². The Kier molecular flexibility index (Phi) is 5.98. The lowest BCUT2D eigenvalue weighted by Gasteiger charge is -2.41. The number of morpholine rings is 2. The van der Waals surface area contributed by atoms with Gasteiger partial charge in [-0.3, -0.25) is 0 Å². The predicted molar refractivity (Wildman–Crippen MR) is 93.6 cm³/mol. The molecule has 1 aromatic carbocycles. The maximum atomic E-state index is 12.8. The van der Waals surface area contributed by atoms with E-state index >= 15 is 0 Å². The van der Waals surface area contributed by atoms with Crippen molar-refractivity contribution in [3.8, 4) is 0 Å². The van der Waals surface area contributed by atoms with Crippen molar-refractivity contribution in [1.82, 2.24) is 9.34 Å². The summed E-state index contributed by atoms with van der Waals surface area (Å²) in [5, 5.41) is 0. The van der Waals surface area contributed by atoms with Crippen LogP contribution < -0.4 is 0 Å². The molecule has 0 N–H and O–H groups in total. The van der Waals surface area contributed by atoms with Crippen molar-refractivity contribution in [1.29, 1.82) is 0 Å². The molecule has 0 amide bonds. The van der Waals surface area contributed by atoms with E-state index in [0.717, 1.165) is 0 Å². The topological polar surface area (TPSA) is 71.4 Å². The number of halogens is 1. The first-order chi connectivity index (χ1) is 11.5. The summed E-state index contributed by atoms with van der Waals surface area (Å²) >= 11 is 6.94. The van der Waals surface area contributed by atoms with Crippen LogP contribution in [0.25, 0.3) is 0 Å². The molecule has 0 bridgehead atoms. The molecule has 0 aliphatic carbocycles. The molecule has 0 spiro atoms. The van der Waals surface area contributed by atoms with E-state index < -0.39 is 16.7 Å². The molecule has 0 unspecified atom stereocenters. The maximum absolute atomic E-state index is 12.8. The van der Waals surface area contributed by atoms with Crippen molar-refractivity contribution >= 4 is 28.0 Å². The molecular formula is C14H21ClN3O4PS. The minimum Gasteiger partial charge on any atom is -0.379 e. The molecule has 2 aliphatic heterocycles. The van der Waals surface area contributed by atoms with E-state index in [2.05, 4.69) is 4.15 Å². The number of sulfonamides is 1. The summed E-state index contributed by atoms with van der Waals surface area (Å²) in [4.78, 5) is 0.163. The van der Waals surface area contributed by atoms with Gasteiger partial charge in [0.15, 0.2) is 0 Å². The van der Waals surface area contributed by atoms with Gasteiger partial charge in [-0.2, -0.15) is 8.42 Å². The Morgan fingerprint density at radius 1 is 0.917 bits per heavy atom. The van der Waals surface area contributed by atoms with Gasteiger partial charge in [0.25, 0.3) is 10.0 Å². The minimum absolute atomic E-state index is 0.163. The Labute approximate surface area is 147 Å². The number of rotatable bonds is 4. The lowest BCUT2D eigenvalue weighted by atomic mass is 10.4. The quantitative estimate of drug-likeness (QED) is 0.730. The van der Waals surface area contributed by atoms with Crippen LogP contribution in [0.15, 0.2) is 39.4 Å². The summed E-state index contributed by atoms with van der Waals surface area (Å²) in [6, 6.07) is 8.21. The van der Waals surface area contributed by atoms with Crippen LogP contribution in [0.1, 0.15) is 0 Å². The molecule has 0 aromatic heterocycles. The Balaban J connectivity index is 2.02. The molecule has 2 saturated heterocycles. The third kappa shape index (κ3) is 4.02. The standard InChI is InChI=1S/C14H21ClN3O4PS/c15-23(17-6-10-21-11-7-17,18-8-12-22-13-9-18)16-24(19,20)14-4-2-1-3-5-14/h1-5H,6-13H2. The second-order valence-corrected chi connectivity index (χ2v) is 11.1. The zero-order valence-corrected chi connectivity index (χ0v) is 15.7. The number of nitrogens with zero attached hydrogens (tertiary/aromatic N) is 3. The highest BCUT2D eigenvalue weighted by atomic mass is 35.7. The predicted octanol–water partition coefficient (Wildman–Crippen LogP) is 2.22. The zero-order valence-electron chi connectivity index (χ0n) is 13.3. The van der Waals surface area contributed by atoms with Crippen LogP contribution in [-0.4, -0.2) is 70.4 Å². The number of benzene rings is 1. The summed E-state index contributed by atoms with van der Waals surface area (Å²) in [7, 11) is -3.84. The number of hydrogen-bond acceptors (Lipinski definition) is 4. The molecule has 0 radical (unpaired) electrons. The largest absolute Gasteiger partial charge is 0.379 e. The molecule has 24 heavy (non-hydrogen) atoms. The molecule has 3 rings (SSSR count). The Hall–Kier alpha value is -0.470. The van der Waals surface area contributed by atoms with Gasteiger partial charge < -0.3 is 9.47 Å². The Morgan fingerprint density at radius 3 is 1.83 bits per heavy atom. The van der Waals surface area contributed by atoms with Crippen molar-refractivity contribution in [3.63, 3.8) is 0 Å². The highest BCUT2D eigenvalue weighted by Crippen LogP contribution is 2.62. The van der Waals surface area contributed by atoms with E-state index in [-0.39, 0.29) is 4.90 Å². The molecule has 134 valence electrons. The van der Waals surface area contributed by atoms with Crippen LogP contribution in [0.3, 0.4) is 0 Å². The van der Waals surface area contributed by atoms with E-state index in [1.54, 1.807) is 30.3 Å². The van der Waals surface area contributed by atoms with Gasteiger partial charge in [-0.05, 0) is 23.4 Å². The van der Waals surface area contributed by atoms with E-state index in [0.29, 0.717) is 52.6 Å². The average molecular weight is 394 g/mol. The monoisotopic (exact) mass is 393 g/mol. The van der Waals surface area contributed by atoms with Crippen LogP contribution in [0.5, 0.6) is 0 Å². The third-order valence-corrected chi connectivity index (χ3v) is 10.6. The number of hydrogen-bond donors (Lipinski definition) is 0. The summed E-state index contributed by atoms with van der Waals surface area (Å²) in [6.45, 7) is 1.51. The minimum atomic E-state index is -3.84. The maximum Gasteiger partial charge on any atom is 0.284 e. The smallest absolute Gasteiger partial charge is 0.284 e. The van der Waals surface area contributed by atoms with E-state index in [1.165, 1.54) is 0 Å². The number of ether oxygens (including phenoxy) is 2. The molecule has 7 nitrogen and oxygen atoms in total. The molecule has 2 fully saturated rings. The van der Waals surface area contributed by atoms with Crippen LogP contribution in [0.4, 0.5) is 0 Å². The molecule has 2 heterocycles. The Morgan fingerprint density at radius 2 is 1.38 bits per heavy atom. The molecule has 0 saturated carbocycles. The summed E-state index contributed by atoms with van der Waals surface area (Å²) < 4.78 is 44.5. The first kappa shape index (κ1) is 18.3. The third-order valence-electron chi connectivity index (χ3n) is 3.95. The fourth-order valence-corrected chi connectivity index (χ4v) is 8.81. The van der Waals surface area contributed by atoms with Crippen LogP contribution in [0, 0.1) is 0 Å². The zero-order chi connectivity index (χ0) is 17.0. The molecule has 2 aliphatic rings. The van der Waals surface area contributed by atoms with Gasteiger partial charge in [0.2, 0.25) is 6.71 Å². The van der Waals surface area contributed by atoms with Gasteiger partial charge in [-0.1, -0.05) is 18.2 Å². The van der Waals surface area contributed by atoms with E-state index in [9.17, 15) is 8.42 Å². The first-order valence-corrected chi connectivity index (χ1v) is 11.8. The van der Waals surface area contributed by atoms with Gasteiger partial charge in [-0.25, -0.2) is 9.34 Å². The van der Waals surface area contributed by atoms with Gasteiger partial charge >= 0.3 is 0 Å². The fraction of sp³-hybridized carbons (Fsp3) is 0.571.